The molecule has 2 fully saturated rings. The van der Waals surface area contributed by atoms with Gasteiger partial charge in [-0.25, -0.2) is 4.39 Å². The van der Waals surface area contributed by atoms with Crippen LogP contribution in [0.1, 0.15) is 23.2 Å². The second kappa shape index (κ2) is 11.0. The fourth-order valence-corrected chi connectivity index (χ4v) is 6.17. The van der Waals surface area contributed by atoms with Gasteiger partial charge in [-0.3, -0.25) is 14.5 Å². The summed E-state index contributed by atoms with van der Waals surface area (Å²) in [5, 5.41) is 3.51. The summed E-state index contributed by atoms with van der Waals surface area (Å²) in [6.07, 6.45) is 2.05. The highest BCUT2D eigenvalue weighted by Gasteiger charge is 2.27. The van der Waals surface area contributed by atoms with E-state index in [-0.39, 0.29) is 22.8 Å². The molecule has 2 aliphatic heterocycles. The normalized spacial score (nSPS) is 18.0. The molecule has 2 aliphatic rings. The van der Waals surface area contributed by atoms with Gasteiger partial charge in [0.2, 0.25) is 5.56 Å². The standard InChI is InChI=1S/C26H30FN5O3S/c27-22-5-1-2-6-24(22)31-15-13-30(14-16-31)12-9-28-26(34)21-18-25(33)29-23-8-7-19(17-20(21)23)36(35)32-10-3-4-11-32/h1-2,5-8,17-18H,3-4,9-16H2,(H,28,34)(H,29,33). The summed E-state index contributed by atoms with van der Waals surface area (Å²) < 4.78 is 28.9. The van der Waals surface area contributed by atoms with Gasteiger partial charge in [0.05, 0.1) is 22.6 Å². The highest BCUT2D eigenvalue weighted by molar-refractivity contribution is 7.89. The van der Waals surface area contributed by atoms with Crippen molar-refractivity contribution in [3.05, 3.63) is 70.3 Å². The van der Waals surface area contributed by atoms with Gasteiger partial charge in [0, 0.05) is 75.4 Å². The van der Waals surface area contributed by atoms with Crippen molar-refractivity contribution < 1.29 is 13.7 Å². The molecule has 10 heteroatoms. The van der Waals surface area contributed by atoms with Crippen LogP contribution < -0.4 is 15.8 Å². The Hall–Kier alpha value is -2.92. The van der Waals surface area contributed by atoms with Crippen molar-refractivity contribution in [3.63, 3.8) is 0 Å². The monoisotopic (exact) mass is 511 g/mol. The summed E-state index contributed by atoms with van der Waals surface area (Å²) in [5.74, 6) is -0.545. The Bertz CT molecular complexity index is 1290. The van der Waals surface area contributed by atoms with Crippen LogP contribution in [0.3, 0.4) is 0 Å². The smallest absolute Gasteiger partial charge is 0.252 e. The van der Waals surface area contributed by atoms with Gasteiger partial charge >= 0.3 is 0 Å². The zero-order valence-electron chi connectivity index (χ0n) is 20.0. The third kappa shape index (κ3) is 5.41. The van der Waals surface area contributed by atoms with Gasteiger partial charge in [0.1, 0.15) is 5.82 Å². The highest BCUT2D eigenvalue weighted by Crippen LogP contribution is 2.25. The van der Waals surface area contributed by atoms with Crippen LogP contribution in [-0.2, 0) is 11.4 Å². The summed E-state index contributed by atoms with van der Waals surface area (Å²) in [6.45, 7) is 5.62. The fourth-order valence-electron chi connectivity index (χ4n) is 4.88. The van der Waals surface area contributed by atoms with Crippen molar-refractivity contribution in [2.45, 2.75) is 17.7 Å². The number of pyridine rings is 1. The average molecular weight is 512 g/mol. The molecule has 5 rings (SSSR count). The predicted octanol–water partition coefficient (Wildman–Crippen LogP) is 2.34. The van der Waals surface area contributed by atoms with E-state index in [1.807, 2.05) is 15.3 Å². The second-order valence-electron chi connectivity index (χ2n) is 9.18. The summed E-state index contributed by atoms with van der Waals surface area (Å²) in [7, 11) is 0. The number of H-pyrrole nitrogens is 1. The minimum absolute atomic E-state index is 0.212. The molecule has 2 aromatic carbocycles. The highest BCUT2D eigenvalue weighted by atomic mass is 32.2. The van der Waals surface area contributed by atoms with Crippen molar-refractivity contribution in [2.24, 2.45) is 0 Å². The van der Waals surface area contributed by atoms with E-state index in [1.54, 1.807) is 30.3 Å². The zero-order chi connectivity index (χ0) is 25.1. The van der Waals surface area contributed by atoms with Crippen molar-refractivity contribution >= 4 is 33.9 Å². The lowest BCUT2D eigenvalue weighted by Crippen LogP contribution is -2.48. The zero-order valence-corrected chi connectivity index (χ0v) is 20.9. The maximum Gasteiger partial charge on any atom is 0.252 e. The molecule has 1 atom stereocenters. The van der Waals surface area contributed by atoms with Crippen LogP contribution in [0.15, 0.2) is 58.2 Å². The van der Waals surface area contributed by atoms with Gasteiger partial charge in [-0.1, -0.05) is 12.1 Å². The van der Waals surface area contributed by atoms with Crippen LogP contribution in [0, 0.1) is 5.82 Å². The lowest BCUT2D eigenvalue weighted by Gasteiger charge is -2.36. The second-order valence-corrected chi connectivity index (χ2v) is 10.7. The fraction of sp³-hybridized carbons (Fsp3) is 0.385. The molecule has 8 nitrogen and oxygen atoms in total. The first-order chi connectivity index (χ1) is 17.5. The molecular weight excluding hydrogens is 481 g/mol. The Morgan fingerprint density at radius 3 is 2.53 bits per heavy atom. The topological polar surface area (TPSA) is 94.7 Å². The molecule has 1 aromatic heterocycles. The Balaban J connectivity index is 1.21. The Kier molecular flexibility index (Phi) is 7.56. The van der Waals surface area contributed by atoms with Crippen LogP contribution in [-0.4, -0.2) is 77.0 Å². The van der Waals surface area contributed by atoms with E-state index in [9.17, 15) is 18.5 Å². The number of carbonyl (C=O) groups excluding carboxylic acids is 1. The minimum atomic E-state index is -1.29. The van der Waals surface area contributed by atoms with E-state index in [1.165, 1.54) is 12.1 Å². The molecule has 2 N–H and O–H groups in total. The number of amides is 1. The van der Waals surface area contributed by atoms with Crippen molar-refractivity contribution in [2.75, 3.05) is 57.3 Å². The quantitative estimate of drug-likeness (QED) is 0.473. The Morgan fingerprint density at radius 2 is 1.78 bits per heavy atom. The third-order valence-corrected chi connectivity index (χ3v) is 8.33. The number of para-hydroxylation sites is 1. The van der Waals surface area contributed by atoms with E-state index in [4.69, 9.17) is 0 Å². The van der Waals surface area contributed by atoms with E-state index in [0.29, 0.717) is 47.7 Å². The molecule has 1 unspecified atom stereocenters. The van der Waals surface area contributed by atoms with E-state index < -0.39 is 11.4 Å². The van der Waals surface area contributed by atoms with Gasteiger partial charge in [-0.2, -0.15) is 0 Å². The molecule has 0 radical (unpaired) electrons. The van der Waals surface area contributed by atoms with Crippen LogP contribution in [0.2, 0.25) is 0 Å². The number of piperazine rings is 1. The first-order valence-electron chi connectivity index (χ1n) is 12.3. The van der Waals surface area contributed by atoms with E-state index >= 15 is 0 Å². The first-order valence-corrected chi connectivity index (χ1v) is 13.4. The SMILES string of the molecule is O=C(NCCN1CCN(c2ccccc2F)CC1)c1cc(=O)[nH]c2ccc([S+]([O-])N3CCCC3)cc12. The molecule has 0 aliphatic carbocycles. The molecule has 0 saturated carbocycles. The maximum atomic E-state index is 14.1. The molecule has 1 amide bonds. The van der Waals surface area contributed by atoms with Crippen molar-refractivity contribution in [1.82, 2.24) is 19.5 Å². The van der Waals surface area contributed by atoms with Crippen LogP contribution in [0.5, 0.6) is 0 Å². The molecule has 0 bridgehead atoms. The number of nitrogens with one attached hydrogen (secondary N) is 2. The number of aromatic amines is 1. The van der Waals surface area contributed by atoms with Gasteiger partial charge in [0.25, 0.3) is 5.91 Å². The van der Waals surface area contributed by atoms with Gasteiger partial charge < -0.3 is 19.8 Å². The summed E-state index contributed by atoms with van der Waals surface area (Å²) in [5.41, 5.74) is 1.08. The van der Waals surface area contributed by atoms with Crippen molar-refractivity contribution in [3.8, 4) is 0 Å². The molecule has 190 valence electrons. The third-order valence-electron chi connectivity index (χ3n) is 6.84. The number of halogens is 1. The lowest BCUT2D eigenvalue weighted by atomic mass is 10.1. The average Bonchev–Trinajstić information content (AvgIpc) is 3.43. The number of carbonyl (C=O) groups is 1. The Labute approximate surface area is 212 Å². The number of hydrogen-bond acceptors (Lipinski definition) is 6. The van der Waals surface area contributed by atoms with Gasteiger partial charge in [0.15, 0.2) is 4.90 Å². The summed E-state index contributed by atoms with van der Waals surface area (Å²) in [4.78, 5) is 32.9. The first kappa shape index (κ1) is 24.8. The van der Waals surface area contributed by atoms with Gasteiger partial charge in [-0.05, 0) is 37.1 Å². The van der Waals surface area contributed by atoms with Crippen LogP contribution >= 0.6 is 0 Å². The molecule has 3 heterocycles. The number of nitrogens with zero attached hydrogens (tertiary/aromatic N) is 3. The number of anilines is 1. The molecule has 3 aromatic rings. The molecular formula is C26H30FN5O3S. The number of hydrogen-bond donors (Lipinski definition) is 2. The van der Waals surface area contributed by atoms with Crippen LogP contribution in [0.25, 0.3) is 10.9 Å². The van der Waals surface area contributed by atoms with E-state index in [0.717, 1.165) is 39.0 Å². The predicted molar refractivity (Wildman–Crippen MR) is 139 cm³/mol. The largest absolute Gasteiger partial charge is 0.593 e. The summed E-state index contributed by atoms with van der Waals surface area (Å²) in [6, 6.07) is 13.3. The molecule has 36 heavy (non-hydrogen) atoms. The maximum absolute atomic E-state index is 14.1. The number of aromatic nitrogens is 1. The van der Waals surface area contributed by atoms with Gasteiger partial charge in [-0.15, -0.1) is 4.31 Å². The minimum Gasteiger partial charge on any atom is -0.593 e. The van der Waals surface area contributed by atoms with Crippen molar-refractivity contribution in [1.29, 1.82) is 0 Å². The van der Waals surface area contributed by atoms with Crippen LogP contribution in [0.4, 0.5) is 10.1 Å². The van der Waals surface area contributed by atoms with E-state index in [2.05, 4.69) is 15.2 Å². The number of rotatable bonds is 7. The number of fused-ring (bicyclic) bond motifs is 1. The number of benzene rings is 2. The summed E-state index contributed by atoms with van der Waals surface area (Å²) >= 11 is -1.29. The lowest BCUT2D eigenvalue weighted by molar-refractivity contribution is 0.0949. The molecule has 2 saturated heterocycles. The Morgan fingerprint density at radius 1 is 1.03 bits per heavy atom. The molecule has 0 spiro atoms.